The van der Waals surface area contributed by atoms with E-state index in [0.29, 0.717) is 36.8 Å². The van der Waals surface area contributed by atoms with E-state index in [1.54, 1.807) is 0 Å². The number of hydrogen-bond donors (Lipinski definition) is 1. The van der Waals surface area contributed by atoms with Gasteiger partial charge in [-0.3, -0.25) is 4.90 Å². The predicted octanol–water partition coefficient (Wildman–Crippen LogP) is 1.80. The van der Waals surface area contributed by atoms with Gasteiger partial charge in [-0.1, -0.05) is 11.2 Å². The van der Waals surface area contributed by atoms with Gasteiger partial charge in [0, 0.05) is 19.7 Å². The fourth-order valence-electron chi connectivity index (χ4n) is 2.84. The minimum Gasteiger partial charge on any atom is -0.392 e. The zero-order valence-corrected chi connectivity index (χ0v) is 12.6. The first-order valence-corrected chi connectivity index (χ1v) is 7.24. The van der Waals surface area contributed by atoms with E-state index in [1.165, 1.54) is 13.2 Å². The van der Waals surface area contributed by atoms with Gasteiger partial charge in [-0.2, -0.15) is 4.98 Å². The highest BCUT2D eigenvalue weighted by Crippen LogP contribution is 2.33. The third kappa shape index (κ3) is 3.54. The normalized spacial score (nSPS) is 21.9. The SMILES string of the molecule is COCc1noc(CN2C[C@H](O)C[C@@H]2c2ccc(F)c(F)c2)n1. The van der Waals surface area contributed by atoms with Crippen LogP contribution in [0.5, 0.6) is 0 Å². The van der Waals surface area contributed by atoms with Gasteiger partial charge < -0.3 is 14.4 Å². The Hall–Kier alpha value is -1.90. The van der Waals surface area contributed by atoms with E-state index in [2.05, 4.69) is 10.1 Å². The molecule has 1 aliphatic rings. The Morgan fingerprint density at radius 2 is 2.22 bits per heavy atom. The number of halogens is 2. The van der Waals surface area contributed by atoms with E-state index in [9.17, 15) is 13.9 Å². The maximum atomic E-state index is 13.5. The lowest BCUT2D eigenvalue weighted by Gasteiger charge is -2.22. The highest BCUT2D eigenvalue weighted by Gasteiger charge is 2.33. The average Bonchev–Trinajstić information content (AvgIpc) is 3.09. The summed E-state index contributed by atoms with van der Waals surface area (Å²) in [4.78, 5) is 6.09. The number of nitrogens with zero attached hydrogens (tertiary/aromatic N) is 3. The number of ether oxygens (including phenoxy) is 1. The monoisotopic (exact) mass is 325 g/mol. The van der Waals surface area contributed by atoms with Crippen LogP contribution in [0.15, 0.2) is 22.7 Å². The fraction of sp³-hybridized carbons (Fsp3) is 0.467. The first kappa shape index (κ1) is 16.0. The number of methoxy groups -OCH3 is 1. The van der Waals surface area contributed by atoms with Crippen molar-refractivity contribution in [1.82, 2.24) is 15.0 Å². The molecule has 1 fully saturated rings. The molecule has 124 valence electrons. The van der Waals surface area contributed by atoms with Crippen LogP contribution >= 0.6 is 0 Å². The van der Waals surface area contributed by atoms with Crippen molar-refractivity contribution in [2.75, 3.05) is 13.7 Å². The molecule has 3 rings (SSSR count). The van der Waals surface area contributed by atoms with E-state index in [1.807, 2.05) is 4.90 Å². The molecule has 2 heterocycles. The maximum Gasteiger partial charge on any atom is 0.240 e. The van der Waals surface area contributed by atoms with Crippen molar-refractivity contribution in [1.29, 1.82) is 0 Å². The largest absolute Gasteiger partial charge is 0.392 e. The average molecular weight is 325 g/mol. The van der Waals surface area contributed by atoms with Crippen LogP contribution in [-0.2, 0) is 17.9 Å². The molecule has 8 heteroatoms. The van der Waals surface area contributed by atoms with Gasteiger partial charge in [0.1, 0.15) is 6.61 Å². The minimum absolute atomic E-state index is 0.238. The number of β-amino-alcohol motifs (C(OH)–C–C–N with tert-alkyl or cyclic N) is 1. The number of likely N-dealkylation sites (tertiary alicyclic amines) is 1. The molecule has 0 amide bonds. The zero-order valence-electron chi connectivity index (χ0n) is 12.6. The number of hydrogen-bond acceptors (Lipinski definition) is 6. The Kier molecular flexibility index (Phi) is 4.65. The van der Waals surface area contributed by atoms with Gasteiger partial charge in [0.2, 0.25) is 5.89 Å². The summed E-state index contributed by atoms with van der Waals surface area (Å²) in [7, 11) is 1.53. The summed E-state index contributed by atoms with van der Waals surface area (Å²) in [5.74, 6) is -0.964. The first-order valence-electron chi connectivity index (χ1n) is 7.24. The minimum atomic E-state index is -0.899. The topological polar surface area (TPSA) is 71.6 Å². The molecule has 2 atom stereocenters. The summed E-state index contributed by atoms with van der Waals surface area (Å²) in [6.45, 7) is 0.960. The quantitative estimate of drug-likeness (QED) is 0.904. The number of aliphatic hydroxyl groups is 1. The van der Waals surface area contributed by atoms with Gasteiger partial charge in [-0.05, 0) is 24.1 Å². The third-order valence-electron chi connectivity index (χ3n) is 3.83. The Morgan fingerprint density at radius 1 is 1.39 bits per heavy atom. The Morgan fingerprint density at radius 3 is 2.96 bits per heavy atom. The molecule has 1 N–H and O–H groups in total. The number of aromatic nitrogens is 2. The smallest absolute Gasteiger partial charge is 0.240 e. The van der Waals surface area contributed by atoms with Crippen molar-refractivity contribution in [3.63, 3.8) is 0 Å². The number of benzene rings is 1. The van der Waals surface area contributed by atoms with E-state index >= 15 is 0 Å². The molecule has 0 spiro atoms. The van der Waals surface area contributed by atoms with E-state index in [0.717, 1.165) is 12.1 Å². The van der Waals surface area contributed by atoms with Crippen LogP contribution in [0.25, 0.3) is 0 Å². The van der Waals surface area contributed by atoms with Crippen molar-refractivity contribution < 1.29 is 23.1 Å². The molecular formula is C15H17F2N3O3. The predicted molar refractivity (Wildman–Crippen MR) is 75.1 cm³/mol. The Labute approximate surface area is 131 Å². The van der Waals surface area contributed by atoms with E-state index in [-0.39, 0.29) is 12.6 Å². The van der Waals surface area contributed by atoms with Crippen molar-refractivity contribution in [2.24, 2.45) is 0 Å². The highest BCUT2D eigenvalue weighted by molar-refractivity contribution is 5.23. The summed E-state index contributed by atoms with van der Waals surface area (Å²) < 4.78 is 36.6. The molecule has 0 bridgehead atoms. The lowest BCUT2D eigenvalue weighted by Crippen LogP contribution is -2.24. The van der Waals surface area contributed by atoms with Crippen LogP contribution in [0.2, 0.25) is 0 Å². The van der Waals surface area contributed by atoms with Gasteiger partial charge in [-0.15, -0.1) is 0 Å². The summed E-state index contributed by atoms with van der Waals surface area (Å²) in [5, 5.41) is 13.7. The molecular weight excluding hydrogens is 308 g/mol. The first-order chi connectivity index (χ1) is 11.1. The van der Waals surface area contributed by atoms with E-state index < -0.39 is 17.7 Å². The van der Waals surface area contributed by atoms with Crippen LogP contribution in [0.1, 0.15) is 29.7 Å². The zero-order chi connectivity index (χ0) is 16.4. The Balaban J connectivity index is 1.77. The van der Waals surface area contributed by atoms with Crippen LogP contribution in [-0.4, -0.2) is 39.9 Å². The summed E-state index contributed by atoms with van der Waals surface area (Å²) >= 11 is 0. The molecule has 23 heavy (non-hydrogen) atoms. The summed E-state index contributed by atoms with van der Waals surface area (Å²) in [5.41, 5.74) is 0.608. The molecule has 1 aromatic carbocycles. The van der Waals surface area contributed by atoms with Crippen molar-refractivity contribution in [3.8, 4) is 0 Å². The van der Waals surface area contributed by atoms with Gasteiger partial charge in [0.15, 0.2) is 17.5 Å². The van der Waals surface area contributed by atoms with E-state index in [4.69, 9.17) is 9.26 Å². The second-order valence-corrected chi connectivity index (χ2v) is 5.55. The van der Waals surface area contributed by atoms with Crippen LogP contribution in [0.4, 0.5) is 8.78 Å². The molecule has 6 nitrogen and oxygen atoms in total. The van der Waals surface area contributed by atoms with Crippen LogP contribution < -0.4 is 0 Å². The van der Waals surface area contributed by atoms with Crippen LogP contribution in [0, 0.1) is 11.6 Å². The third-order valence-corrected chi connectivity index (χ3v) is 3.83. The second-order valence-electron chi connectivity index (χ2n) is 5.55. The van der Waals surface area contributed by atoms with Crippen molar-refractivity contribution in [2.45, 2.75) is 31.7 Å². The molecule has 1 aliphatic heterocycles. The molecule has 2 aromatic rings. The molecule has 0 saturated carbocycles. The lowest BCUT2D eigenvalue weighted by molar-refractivity contribution is 0.164. The number of rotatable bonds is 5. The standard InChI is InChI=1S/C15H17F2N3O3/c1-22-8-14-18-15(23-19-14)7-20-6-10(21)5-13(20)9-2-3-11(16)12(17)4-9/h2-4,10,13,21H,5-8H2,1H3/t10-,13-/m1/s1. The highest BCUT2D eigenvalue weighted by atomic mass is 19.2. The maximum absolute atomic E-state index is 13.5. The molecule has 1 aromatic heterocycles. The summed E-state index contributed by atoms with van der Waals surface area (Å²) in [6, 6.07) is 3.54. The number of aliphatic hydroxyl groups excluding tert-OH is 1. The van der Waals surface area contributed by atoms with Gasteiger partial charge in [0.25, 0.3) is 0 Å². The van der Waals surface area contributed by atoms with Gasteiger partial charge in [0.05, 0.1) is 12.6 Å². The second kappa shape index (κ2) is 6.69. The molecule has 0 unspecified atom stereocenters. The molecule has 0 radical (unpaired) electrons. The van der Waals surface area contributed by atoms with Crippen LogP contribution in [0.3, 0.4) is 0 Å². The van der Waals surface area contributed by atoms with Crippen molar-refractivity contribution >= 4 is 0 Å². The lowest BCUT2D eigenvalue weighted by atomic mass is 10.0. The molecule has 0 aliphatic carbocycles. The molecule has 1 saturated heterocycles. The fourth-order valence-corrected chi connectivity index (χ4v) is 2.84. The van der Waals surface area contributed by atoms with Gasteiger partial charge in [-0.25, -0.2) is 8.78 Å². The van der Waals surface area contributed by atoms with Gasteiger partial charge >= 0.3 is 0 Å². The summed E-state index contributed by atoms with van der Waals surface area (Å²) in [6.07, 6.45) is -0.112. The van der Waals surface area contributed by atoms with Crippen molar-refractivity contribution in [3.05, 3.63) is 47.1 Å². The Bertz CT molecular complexity index is 680.